The molecular formula is C29H28N2O4S2. The maximum atomic E-state index is 13.7. The summed E-state index contributed by atoms with van der Waals surface area (Å²) in [6, 6.07) is 14.9. The molecule has 2 aromatic carbocycles. The number of thiophene rings is 1. The summed E-state index contributed by atoms with van der Waals surface area (Å²) in [7, 11) is 0. The molecule has 4 aliphatic carbocycles. The second kappa shape index (κ2) is 8.81. The van der Waals surface area contributed by atoms with E-state index in [9.17, 15) is 14.7 Å². The van der Waals surface area contributed by atoms with Crippen LogP contribution in [0.3, 0.4) is 0 Å². The minimum atomic E-state index is -0.923. The number of carbonyl (C=O) groups excluding carboxylic acids is 1. The number of carboxylic acids is 1. The zero-order valence-electron chi connectivity index (χ0n) is 20.3. The van der Waals surface area contributed by atoms with E-state index >= 15 is 0 Å². The van der Waals surface area contributed by atoms with Gasteiger partial charge in [-0.05, 0) is 80.5 Å². The van der Waals surface area contributed by atoms with E-state index in [1.54, 1.807) is 11.3 Å². The summed E-state index contributed by atoms with van der Waals surface area (Å²) in [4.78, 5) is 31.4. The first-order valence-corrected chi connectivity index (χ1v) is 14.6. The molecule has 4 bridgehead atoms. The van der Waals surface area contributed by atoms with Crippen molar-refractivity contribution < 1.29 is 19.4 Å². The van der Waals surface area contributed by atoms with Crippen LogP contribution in [0.4, 0.5) is 0 Å². The zero-order chi connectivity index (χ0) is 25.1. The molecule has 8 heteroatoms. The predicted molar refractivity (Wildman–Crippen MR) is 145 cm³/mol. The average molecular weight is 533 g/mol. The van der Waals surface area contributed by atoms with Crippen LogP contribution in [0.1, 0.15) is 53.2 Å². The Kier molecular flexibility index (Phi) is 5.51. The number of carboxylic acid groups (broad SMARTS) is 1. The quantitative estimate of drug-likeness (QED) is 0.284. The largest absolute Gasteiger partial charge is 0.484 e. The number of hydrogen-bond donors (Lipinski definition) is 2. The summed E-state index contributed by atoms with van der Waals surface area (Å²) in [5.74, 6) is 1.02. The molecule has 6 nitrogen and oxygen atoms in total. The van der Waals surface area contributed by atoms with Crippen LogP contribution < -0.4 is 10.1 Å². The number of aromatic nitrogens is 1. The van der Waals surface area contributed by atoms with Crippen molar-refractivity contribution in [2.24, 2.45) is 23.2 Å². The van der Waals surface area contributed by atoms with Crippen molar-refractivity contribution in [2.75, 3.05) is 0 Å². The number of amides is 1. The van der Waals surface area contributed by atoms with Gasteiger partial charge in [0.2, 0.25) is 0 Å². The Morgan fingerprint density at radius 1 is 0.973 bits per heavy atom. The highest BCUT2D eigenvalue weighted by Gasteiger charge is 2.56. The van der Waals surface area contributed by atoms with Gasteiger partial charge in [-0.1, -0.05) is 24.3 Å². The van der Waals surface area contributed by atoms with Gasteiger partial charge in [-0.3, -0.25) is 4.79 Å². The molecule has 4 saturated carbocycles. The van der Waals surface area contributed by atoms with E-state index in [4.69, 9.17) is 4.74 Å². The van der Waals surface area contributed by atoms with Crippen molar-refractivity contribution in [1.82, 2.24) is 10.3 Å². The summed E-state index contributed by atoms with van der Waals surface area (Å²) < 4.78 is 8.30. The number of fused-ring (bicyclic) bond motifs is 2. The first-order valence-electron chi connectivity index (χ1n) is 13.0. The maximum absolute atomic E-state index is 13.7. The van der Waals surface area contributed by atoms with Crippen molar-refractivity contribution in [3.8, 4) is 5.75 Å². The Hall–Kier alpha value is -2.97. The third kappa shape index (κ3) is 4.01. The molecule has 2 aromatic heterocycles. The third-order valence-electron chi connectivity index (χ3n) is 8.65. The molecule has 0 spiro atoms. The van der Waals surface area contributed by atoms with Crippen LogP contribution in [0.15, 0.2) is 48.5 Å². The van der Waals surface area contributed by atoms with Crippen molar-refractivity contribution in [3.63, 3.8) is 0 Å². The molecule has 1 amide bonds. The number of carbonyl (C=O) groups is 2. The zero-order valence-corrected chi connectivity index (χ0v) is 21.9. The fourth-order valence-corrected chi connectivity index (χ4v) is 9.57. The van der Waals surface area contributed by atoms with E-state index in [2.05, 4.69) is 10.3 Å². The van der Waals surface area contributed by atoms with Gasteiger partial charge < -0.3 is 15.2 Å². The Bertz CT molecular complexity index is 1450. The first kappa shape index (κ1) is 23.2. The van der Waals surface area contributed by atoms with Crippen LogP contribution >= 0.6 is 22.7 Å². The maximum Gasteiger partial charge on any atom is 0.326 e. The number of rotatable bonds is 7. The van der Waals surface area contributed by atoms with Crippen LogP contribution in [0.25, 0.3) is 20.3 Å². The SMILES string of the molecule is O=C(N[C@H](C(=O)O)C12CC3CC(CC(C3)C1)C2)c1sc2ccccc2c1OCc1nc2ccccc2s1. The highest BCUT2D eigenvalue weighted by Crippen LogP contribution is 2.61. The fourth-order valence-electron chi connectivity index (χ4n) is 7.63. The lowest BCUT2D eigenvalue weighted by Gasteiger charge is -2.58. The lowest BCUT2D eigenvalue weighted by Crippen LogP contribution is -2.59. The topological polar surface area (TPSA) is 88.5 Å². The number of thiazole rings is 1. The normalized spacial score (nSPS) is 27.0. The van der Waals surface area contributed by atoms with E-state index in [1.807, 2.05) is 48.5 Å². The van der Waals surface area contributed by atoms with E-state index in [0.717, 1.165) is 44.6 Å². The fraction of sp³-hybridized carbons (Fsp3) is 0.414. The molecule has 190 valence electrons. The number of nitrogens with zero attached hydrogens (tertiary/aromatic N) is 1. The van der Waals surface area contributed by atoms with Gasteiger partial charge in [-0.15, -0.1) is 22.7 Å². The highest BCUT2D eigenvalue weighted by molar-refractivity contribution is 7.21. The number of nitrogens with one attached hydrogen (secondary N) is 1. The van der Waals surface area contributed by atoms with Gasteiger partial charge in [0, 0.05) is 15.5 Å². The van der Waals surface area contributed by atoms with E-state index in [0.29, 0.717) is 28.4 Å². The molecule has 4 fully saturated rings. The molecule has 2 N–H and O–H groups in total. The van der Waals surface area contributed by atoms with Crippen LogP contribution in [-0.2, 0) is 11.4 Å². The molecule has 4 aromatic rings. The van der Waals surface area contributed by atoms with E-state index in [-0.39, 0.29) is 17.9 Å². The van der Waals surface area contributed by atoms with Crippen LogP contribution in [0.2, 0.25) is 0 Å². The van der Waals surface area contributed by atoms with Gasteiger partial charge in [0.15, 0.2) is 5.75 Å². The predicted octanol–water partition coefficient (Wildman–Crippen LogP) is 6.49. The molecular weight excluding hydrogens is 504 g/mol. The second-order valence-electron chi connectivity index (χ2n) is 11.1. The highest BCUT2D eigenvalue weighted by atomic mass is 32.1. The van der Waals surface area contributed by atoms with Crippen LogP contribution in [-0.4, -0.2) is 28.0 Å². The molecule has 1 atom stereocenters. The van der Waals surface area contributed by atoms with Crippen molar-refractivity contribution >= 4 is 54.9 Å². The summed E-state index contributed by atoms with van der Waals surface area (Å²) in [5.41, 5.74) is 0.591. The Morgan fingerprint density at radius 2 is 1.62 bits per heavy atom. The molecule has 0 radical (unpaired) electrons. The molecule has 0 unspecified atom stereocenters. The number of hydrogen-bond acceptors (Lipinski definition) is 6. The Balaban J connectivity index is 1.18. The molecule has 0 aliphatic heterocycles. The van der Waals surface area contributed by atoms with Crippen molar-refractivity contribution in [3.05, 3.63) is 58.4 Å². The van der Waals surface area contributed by atoms with Crippen molar-refractivity contribution in [1.29, 1.82) is 0 Å². The second-order valence-corrected chi connectivity index (χ2v) is 13.3. The minimum absolute atomic E-state index is 0.248. The number of para-hydroxylation sites is 1. The Labute approximate surface area is 222 Å². The van der Waals surface area contributed by atoms with Gasteiger partial charge in [0.1, 0.15) is 22.5 Å². The van der Waals surface area contributed by atoms with Gasteiger partial charge in [-0.2, -0.15) is 0 Å². The number of aliphatic carboxylic acids is 1. The van der Waals surface area contributed by atoms with Gasteiger partial charge in [0.05, 0.1) is 10.2 Å². The summed E-state index contributed by atoms with van der Waals surface area (Å²) in [5, 5.41) is 15.0. The standard InChI is InChI=1S/C29H28N2O4S2/c32-27(31-26(28(33)34)29-12-16-9-17(13-29)11-18(10-16)14-29)25-24(19-5-1-3-7-21(19)37-25)35-15-23-30-20-6-2-4-8-22(20)36-23/h1-8,16-18,26H,9-15H2,(H,31,32)(H,33,34)/t16?,17?,18?,26-,29?/m1/s1. The van der Waals surface area contributed by atoms with Crippen LogP contribution in [0.5, 0.6) is 5.75 Å². The molecule has 2 heterocycles. The van der Waals surface area contributed by atoms with E-state index in [1.165, 1.54) is 30.6 Å². The van der Waals surface area contributed by atoms with Gasteiger partial charge in [-0.25, -0.2) is 9.78 Å². The number of ether oxygens (including phenoxy) is 1. The molecule has 37 heavy (non-hydrogen) atoms. The molecule has 0 saturated heterocycles. The average Bonchev–Trinajstić information content (AvgIpc) is 3.46. The Morgan fingerprint density at radius 3 is 2.30 bits per heavy atom. The summed E-state index contributed by atoms with van der Waals surface area (Å²) in [6.45, 7) is 0.248. The molecule has 4 aliphatic rings. The lowest BCUT2D eigenvalue weighted by molar-refractivity contribution is -0.150. The lowest BCUT2D eigenvalue weighted by atomic mass is 9.47. The smallest absolute Gasteiger partial charge is 0.326 e. The van der Waals surface area contributed by atoms with Gasteiger partial charge >= 0.3 is 5.97 Å². The first-order chi connectivity index (χ1) is 18.0. The van der Waals surface area contributed by atoms with Crippen LogP contribution in [0, 0.1) is 23.2 Å². The summed E-state index contributed by atoms with van der Waals surface area (Å²) in [6.07, 6.45) is 6.38. The van der Waals surface area contributed by atoms with E-state index < -0.39 is 12.0 Å². The monoisotopic (exact) mass is 532 g/mol. The third-order valence-corrected chi connectivity index (χ3v) is 10.8. The minimum Gasteiger partial charge on any atom is -0.484 e. The number of benzene rings is 2. The van der Waals surface area contributed by atoms with Crippen molar-refractivity contribution in [2.45, 2.75) is 51.2 Å². The molecule has 8 rings (SSSR count). The summed E-state index contributed by atoms with van der Waals surface area (Å²) >= 11 is 2.93. The van der Waals surface area contributed by atoms with Gasteiger partial charge in [0.25, 0.3) is 5.91 Å².